The van der Waals surface area contributed by atoms with Crippen molar-refractivity contribution in [3.63, 3.8) is 0 Å². The van der Waals surface area contributed by atoms with Gasteiger partial charge in [-0.2, -0.15) is 0 Å². The summed E-state index contributed by atoms with van der Waals surface area (Å²) in [6.07, 6.45) is 5.89. The molecule has 1 fully saturated rings. The molecule has 1 aliphatic rings. The molecule has 0 aromatic carbocycles. The lowest BCUT2D eigenvalue weighted by Gasteiger charge is -2.40. The van der Waals surface area contributed by atoms with E-state index in [1.54, 1.807) is 11.3 Å². The predicted octanol–water partition coefficient (Wildman–Crippen LogP) is 4.15. The van der Waals surface area contributed by atoms with Gasteiger partial charge in [0.25, 0.3) is 0 Å². The second-order valence-electron chi connectivity index (χ2n) is 4.97. The standard InChI is InChI=1S/C14H21BrO2S/c1-2-17-14(7-4-3-5-8-14)13(16)10-12-11(15)6-9-18-12/h6,9,13,16H,2-5,7-8,10H2,1H3. The largest absolute Gasteiger partial charge is 0.390 e. The first-order chi connectivity index (χ1) is 8.68. The van der Waals surface area contributed by atoms with E-state index in [1.807, 2.05) is 13.0 Å². The zero-order valence-electron chi connectivity index (χ0n) is 10.8. The van der Waals surface area contributed by atoms with Crippen molar-refractivity contribution < 1.29 is 9.84 Å². The van der Waals surface area contributed by atoms with Gasteiger partial charge in [0, 0.05) is 22.4 Å². The number of ether oxygens (including phenoxy) is 1. The lowest BCUT2D eigenvalue weighted by atomic mass is 9.79. The molecule has 0 saturated heterocycles. The summed E-state index contributed by atoms with van der Waals surface area (Å²) in [5.74, 6) is 0. The quantitative estimate of drug-likeness (QED) is 0.877. The number of aliphatic hydroxyl groups is 1. The van der Waals surface area contributed by atoms with Crippen molar-refractivity contribution in [2.75, 3.05) is 6.61 Å². The highest BCUT2D eigenvalue weighted by Crippen LogP contribution is 2.37. The summed E-state index contributed by atoms with van der Waals surface area (Å²) in [6.45, 7) is 2.70. The SMILES string of the molecule is CCOC1(C(O)Cc2sccc2Br)CCCCC1. The van der Waals surface area contributed by atoms with Crippen LogP contribution in [0.1, 0.15) is 43.9 Å². The predicted molar refractivity (Wildman–Crippen MR) is 79.2 cm³/mol. The second-order valence-corrected chi connectivity index (χ2v) is 6.83. The average molecular weight is 333 g/mol. The molecule has 0 spiro atoms. The topological polar surface area (TPSA) is 29.5 Å². The third-order valence-electron chi connectivity index (χ3n) is 3.81. The van der Waals surface area contributed by atoms with Gasteiger partial charge in [0.1, 0.15) is 0 Å². The zero-order chi connectivity index (χ0) is 13.0. The van der Waals surface area contributed by atoms with Crippen LogP contribution >= 0.6 is 27.3 Å². The van der Waals surface area contributed by atoms with E-state index in [0.717, 1.165) is 17.3 Å². The third-order valence-corrected chi connectivity index (χ3v) is 5.76. The molecule has 1 aromatic rings. The van der Waals surface area contributed by atoms with Gasteiger partial charge in [-0.25, -0.2) is 0 Å². The Labute approximate surface area is 121 Å². The first-order valence-electron chi connectivity index (χ1n) is 6.72. The van der Waals surface area contributed by atoms with Crippen molar-refractivity contribution in [1.82, 2.24) is 0 Å². The summed E-state index contributed by atoms with van der Waals surface area (Å²) in [6, 6.07) is 2.04. The van der Waals surface area contributed by atoms with Crippen molar-refractivity contribution in [3.05, 3.63) is 20.8 Å². The molecule has 18 heavy (non-hydrogen) atoms. The number of thiophene rings is 1. The maximum absolute atomic E-state index is 10.6. The van der Waals surface area contributed by atoms with E-state index in [-0.39, 0.29) is 5.60 Å². The van der Waals surface area contributed by atoms with Crippen molar-refractivity contribution in [2.45, 2.75) is 57.2 Å². The number of halogens is 1. The average Bonchev–Trinajstić information content (AvgIpc) is 2.76. The molecule has 1 aliphatic carbocycles. The molecule has 1 aromatic heterocycles. The molecule has 102 valence electrons. The fraction of sp³-hybridized carbons (Fsp3) is 0.714. The van der Waals surface area contributed by atoms with Crippen LogP contribution in [0.15, 0.2) is 15.9 Å². The Morgan fingerprint density at radius 1 is 1.44 bits per heavy atom. The Bertz CT molecular complexity index is 366. The summed E-state index contributed by atoms with van der Waals surface area (Å²) in [5.41, 5.74) is -0.309. The van der Waals surface area contributed by atoms with E-state index >= 15 is 0 Å². The van der Waals surface area contributed by atoms with Crippen LogP contribution in [0.4, 0.5) is 0 Å². The smallest absolute Gasteiger partial charge is 0.0943 e. The van der Waals surface area contributed by atoms with Crippen molar-refractivity contribution >= 4 is 27.3 Å². The molecular formula is C14H21BrO2S. The fourth-order valence-electron chi connectivity index (χ4n) is 2.84. The molecule has 0 aliphatic heterocycles. The molecule has 1 N–H and O–H groups in total. The van der Waals surface area contributed by atoms with Gasteiger partial charge < -0.3 is 9.84 Å². The van der Waals surface area contributed by atoms with E-state index < -0.39 is 6.10 Å². The van der Waals surface area contributed by atoms with Crippen molar-refractivity contribution in [1.29, 1.82) is 0 Å². The Balaban J connectivity index is 2.08. The Morgan fingerprint density at radius 3 is 2.72 bits per heavy atom. The van der Waals surface area contributed by atoms with Crippen LogP contribution in [0.5, 0.6) is 0 Å². The Hall–Kier alpha value is 0.100. The van der Waals surface area contributed by atoms with Gasteiger partial charge in [-0.15, -0.1) is 11.3 Å². The van der Waals surface area contributed by atoms with E-state index in [0.29, 0.717) is 13.0 Å². The van der Waals surface area contributed by atoms with Crippen LogP contribution in [0.3, 0.4) is 0 Å². The number of aliphatic hydroxyl groups excluding tert-OH is 1. The first-order valence-corrected chi connectivity index (χ1v) is 8.39. The van der Waals surface area contributed by atoms with Gasteiger partial charge in [0.15, 0.2) is 0 Å². The maximum atomic E-state index is 10.6. The molecule has 0 amide bonds. The highest BCUT2D eigenvalue weighted by atomic mass is 79.9. The molecule has 1 saturated carbocycles. The van der Waals surface area contributed by atoms with Gasteiger partial charge in [0.2, 0.25) is 0 Å². The van der Waals surface area contributed by atoms with Gasteiger partial charge in [0.05, 0.1) is 11.7 Å². The van der Waals surface area contributed by atoms with Gasteiger partial charge in [-0.05, 0) is 47.1 Å². The molecule has 1 unspecified atom stereocenters. The minimum atomic E-state index is -0.396. The van der Waals surface area contributed by atoms with Crippen LogP contribution in [0, 0.1) is 0 Å². The zero-order valence-corrected chi connectivity index (χ0v) is 13.2. The Kier molecular flexibility index (Phi) is 5.24. The maximum Gasteiger partial charge on any atom is 0.0943 e. The van der Waals surface area contributed by atoms with Gasteiger partial charge >= 0.3 is 0 Å². The van der Waals surface area contributed by atoms with Gasteiger partial charge in [-0.3, -0.25) is 0 Å². The fourth-order valence-corrected chi connectivity index (χ4v) is 4.40. The van der Waals surface area contributed by atoms with Crippen molar-refractivity contribution in [3.8, 4) is 0 Å². The highest BCUT2D eigenvalue weighted by molar-refractivity contribution is 9.10. The van der Waals surface area contributed by atoms with Gasteiger partial charge in [-0.1, -0.05) is 19.3 Å². The van der Waals surface area contributed by atoms with E-state index in [1.165, 1.54) is 24.1 Å². The third kappa shape index (κ3) is 3.16. The van der Waals surface area contributed by atoms with E-state index in [4.69, 9.17) is 4.74 Å². The minimum Gasteiger partial charge on any atom is -0.390 e. The van der Waals surface area contributed by atoms with E-state index in [2.05, 4.69) is 21.3 Å². The molecular weight excluding hydrogens is 312 g/mol. The van der Waals surface area contributed by atoms with Crippen LogP contribution in [0.2, 0.25) is 0 Å². The van der Waals surface area contributed by atoms with Crippen LogP contribution in [-0.4, -0.2) is 23.4 Å². The molecule has 1 atom stereocenters. The number of hydrogen-bond acceptors (Lipinski definition) is 3. The first kappa shape index (κ1) is 14.5. The summed E-state index contributed by atoms with van der Waals surface area (Å²) < 4.78 is 7.07. The molecule has 0 radical (unpaired) electrons. The molecule has 2 rings (SSSR count). The monoisotopic (exact) mass is 332 g/mol. The summed E-state index contributed by atoms with van der Waals surface area (Å²) >= 11 is 5.23. The van der Waals surface area contributed by atoms with E-state index in [9.17, 15) is 5.11 Å². The molecule has 4 heteroatoms. The molecule has 1 heterocycles. The van der Waals surface area contributed by atoms with Crippen molar-refractivity contribution in [2.24, 2.45) is 0 Å². The minimum absolute atomic E-state index is 0.309. The summed E-state index contributed by atoms with van der Waals surface area (Å²) in [5, 5.41) is 12.7. The normalized spacial score (nSPS) is 20.8. The lowest BCUT2D eigenvalue weighted by Crippen LogP contribution is -2.47. The van der Waals surface area contributed by atoms with Crippen LogP contribution < -0.4 is 0 Å². The molecule has 0 bridgehead atoms. The van der Waals surface area contributed by atoms with Crippen LogP contribution in [0.25, 0.3) is 0 Å². The number of hydrogen-bond donors (Lipinski definition) is 1. The summed E-state index contributed by atoms with van der Waals surface area (Å²) in [7, 11) is 0. The second kappa shape index (κ2) is 6.51. The highest BCUT2D eigenvalue weighted by Gasteiger charge is 2.40. The Morgan fingerprint density at radius 2 is 2.17 bits per heavy atom. The lowest BCUT2D eigenvalue weighted by molar-refractivity contribution is -0.138. The van der Waals surface area contributed by atoms with Crippen LogP contribution in [-0.2, 0) is 11.2 Å². The number of rotatable bonds is 5. The summed E-state index contributed by atoms with van der Waals surface area (Å²) in [4.78, 5) is 1.21. The molecule has 2 nitrogen and oxygen atoms in total.